The number of aromatic nitrogens is 1. The van der Waals surface area contributed by atoms with Gasteiger partial charge in [0.1, 0.15) is 0 Å². The van der Waals surface area contributed by atoms with Crippen LogP contribution in [0.2, 0.25) is 0 Å². The normalized spacial score (nSPS) is 10.3. The van der Waals surface area contributed by atoms with Gasteiger partial charge in [0, 0.05) is 33.5 Å². The number of amides is 1. The molecule has 0 aliphatic carbocycles. The Bertz CT molecular complexity index is 377. The predicted octanol–water partition coefficient (Wildman–Crippen LogP) is 0.399. The van der Waals surface area contributed by atoms with Gasteiger partial charge in [-0.1, -0.05) is 0 Å². The number of carbonyl (C=O) groups is 1. The van der Waals surface area contributed by atoms with Gasteiger partial charge < -0.3 is 20.1 Å². The maximum Gasteiger partial charge on any atom is 0.256 e. The largest absolute Gasteiger partial charge is 0.397 e. The maximum atomic E-state index is 12.3. The minimum absolute atomic E-state index is 0.135. The van der Waals surface area contributed by atoms with Crippen molar-refractivity contribution in [2.75, 3.05) is 46.3 Å². The number of methoxy groups -OCH3 is 2. The molecule has 0 saturated heterocycles. The van der Waals surface area contributed by atoms with Gasteiger partial charge in [-0.05, 0) is 6.07 Å². The molecule has 6 heteroatoms. The highest BCUT2D eigenvalue weighted by atomic mass is 16.5. The molecule has 100 valence electrons. The summed E-state index contributed by atoms with van der Waals surface area (Å²) in [4.78, 5) is 17.8. The molecule has 6 nitrogen and oxygen atoms in total. The smallest absolute Gasteiger partial charge is 0.256 e. The summed E-state index contributed by atoms with van der Waals surface area (Å²) in [5, 5.41) is 0. The van der Waals surface area contributed by atoms with Crippen LogP contribution < -0.4 is 5.73 Å². The van der Waals surface area contributed by atoms with Crippen molar-refractivity contribution in [3.63, 3.8) is 0 Å². The van der Waals surface area contributed by atoms with E-state index in [1.807, 2.05) is 0 Å². The molecular formula is C12H19N3O3. The number of pyridine rings is 1. The molecule has 0 radical (unpaired) electrons. The first-order valence-corrected chi connectivity index (χ1v) is 5.67. The second kappa shape index (κ2) is 7.62. The van der Waals surface area contributed by atoms with Crippen molar-refractivity contribution in [3.8, 4) is 0 Å². The lowest BCUT2D eigenvalue weighted by molar-refractivity contribution is 0.0628. The molecule has 1 amide bonds. The Morgan fingerprint density at radius 2 is 1.94 bits per heavy atom. The molecule has 0 aliphatic rings. The van der Waals surface area contributed by atoms with Crippen LogP contribution in [0.15, 0.2) is 18.5 Å². The van der Waals surface area contributed by atoms with Crippen LogP contribution in [0.1, 0.15) is 10.4 Å². The second-order valence-electron chi connectivity index (χ2n) is 3.74. The van der Waals surface area contributed by atoms with E-state index in [1.165, 1.54) is 6.20 Å². The Kier molecular flexibility index (Phi) is 6.10. The molecule has 2 N–H and O–H groups in total. The van der Waals surface area contributed by atoms with Crippen LogP contribution in [0.25, 0.3) is 0 Å². The van der Waals surface area contributed by atoms with E-state index in [9.17, 15) is 4.79 Å². The van der Waals surface area contributed by atoms with Crippen LogP contribution in [0.3, 0.4) is 0 Å². The zero-order chi connectivity index (χ0) is 13.4. The van der Waals surface area contributed by atoms with Gasteiger partial charge >= 0.3 is 0 Å². The molecule has 0 atom stereocenters. The highest BCUT2D eigenvalue weighted by Gasteiger charge is 2.17. The number of anilines is 1. The van der Waals surface area contributed by atoms with E-state index in [-0.39, 0.29) is 5.91 Å². The fraction of sp³-hybridized carbons (Fsp3) is 0.500. The zero-order valence-electron chi connectivity index (χ0n) is 10.8. The van der Waals surface area contributed by atoms with E-state index in [4.69, 9.17) is 15.2 Å². The Morgan fingerprint density at radius 1 is 1.33 bits per heavy atom. The number of ether oxygens (including phenoxy) is 2. The summed E-state index contributed by atoms with van der Waals surface area (Å²) in [6, 6.07) is 1.62. The minimum atomic E-state index is -0.135. The van der Waals surface area contributed by atoms with Gasteiger partial charge in [0.15, 0.2) is 0 Å². The van der Waals surface area contributed by atoms with E-state index >= 15 is 0 Å². The van der Waals surface area contributed by atoms with Crippen molar-refractivity contribution >= 4 is 11.6 Å². The Labute approximate surface area is 107 Å². The number of rotatable bonds is 7. The third-order valence-corrected chi connectivity index (χ3v) is 2.50. The van der Waals surface area contributed by atoms with Gasteiger partial charge in [-0.15, -0.1) is 0 Å². The molecule has 0 spiro atoms. The van der Waals surface area contributed by atoms with Crippen molar-refractivity contribution in [2.24, 2.45) is 0 Å². The van der Waals surface area contributed by atoms with Crippen LogP contribution in [0.5, 0.6) is 0 Å². The summed E-state index contributed by atoms with van der Waals surface area (Å²) in [6.07, 6.45) is 3.02. The summed E-state index contributed by atoms with van der Waals surface area (Å²) in [7, 11) is 3.19. The van der Waals surface area contributed by atoms with E-state index in [1.54, 1.807) is 31.4 Å². The molecule has 0 fully saturated rings. The van der Waals surface area contributed by atoms with Crippen molar-refractivity contribution in [3.05, 3.63) is 24.0 Å². The molecule has 0 bridgehead atoms. The fourth-order valence-corrected chi connectivity index (χ4v) is 1.49. The SMILES string of the molecule is COCCN(CCOC)C(=O)c1ccncc1N. The second-order valence-corrected chi connectivity index (χ2v) is 3.74. The molecule has 0 aliphatic heterocycles. The summed E-state index contributed by atoms with van der Waals surface area (Å²) in [6.45, 7) is 1.95. The van der Waals surface area contributed by atoms with Gasteiger partial charge in [0.2, 0.25) is 0 Å². The fourth-order valence-electron chi connectivity index (χ4n) is 1.49. The van der Waals surface area contributed by atoms with Gasteiger partial charge in [0.05, 0.1) is 30.7 Å². The Morgan fingerprint density at radius 3 is 2.44 bits per heavy atom. The molecule has 1 aromatic heterocycles. The molecule has 18 heavy (non-hydrogen) atoms. The summed E-state index contributed by atoms with van der Waals surface area (Å²) < 4.78 is 9.98. The van der Waals surface area contributed by atoms with E-state index in [2.05, 4.69) is 4.98 Å². The van der Waals surface area contributed by atoms with Crippen LogP contribution >= 0.6 is 0 Å². The Balaban J connectivity index is 2.77. The van der Waals surface area contributed by atoms with E-state index in [0.717, 1.165) is 0 Å². The molecule has 0 saturated carbocycles. The number of nitrogens with two attached hydrogens (primary N) is 1. The number of hydrogen-bond acceptors (Lipinski definition) is 5. The topological polar surface area (TPSA) is 77.7 Å². The highest BCUT2D eigenvalue weighted by Crippen LogP contribution is 2.12. The van der Waals surface area contributed by atoms with Gasteiger partial charge in [-0.25, -0.2) is 0 Å². The third kappa shape index (κ3) is 3.97. The van der Waals surface area contributed by atoms with Crippen molar-refractivity contribution in [1.29, 1.82) is 0 Å². The summed E-state index contributed by atoms with van der Waals surface area (Å²) >= 11 is 0. The van der Waals surface area contributed by atoms with Crippen molar-refractivity contribution in [1.82, 2.24) is 9.88 Å². The molecule has 0 aromatic carbocycles. The number of nitrogen functional groups attached to an aromatic ring is 1. The van der Waals surface area contributed by atoms with Gasteiger partial charge in [-0.2, -0.15) is 0 Å². The lowest BCUT2D eigenvalue weighted by Gasteiger charge is -2.22. The van der Waals surface area contributed by atoms with Crippen molar-refractivity contribution < 1.29 is 14.3 Å². The van der Waals surface area contributed by atoms with Crippen LogP contribution in [-0.2, 0) is 9.47 Å². The average molecular weight is 253 g/mol. The average Bonchev–Trinajstić information content (AvgIpc) is 2.39. The Hall–Kier alpha value is -1.66. The maximum absolute atomic E-state index is 12.3. The first-order valence-electron chi connectivity index (χ1n) is 5.67. The molecule has 1 heterocycles. The summed E-state index contributed by atoms with van der Waals surface area (Å²) in [5.41, 5.74) is 6.58. The van der Waals surface area contributed by atoms with E-state index < -0.39 is 0 Å². The highest BCUT2D eigenvalue weighted by molar-refractivity contribution is 5.98. The minimum Gasteiger partial charge on any atom is -0.397 e. The standard InChI is InChI=1S/C12H19N3O3/c1-17-7-5-15(6-8-18-2)12(16)10-3-4-14-9-11(10)13/h3-4,9H,5-8,13H2,1-2H3. The number of nitrogens with zero attached hydrogens (tertiary/aromatic N) is 2. The quantitative estimate of drug-likeness (QED) is 0.761. The third-order valence-electron chi connectivity index (χ3n) is 2.50. The monoisotopic (exact) mass is 253 g/mol. The first kappa shape index (κ1) is 14.4. The van der Waals surface area contributed by atoms with Crippen LogP contribution in [-0.4, -0.2) is 56.3 Å². The first-order chi connectivity index (χ1) is 8.70. The molecular weight excluding hydrogens is 234 g/mol. The van der Waals surface area contributed by atoms with Gasteiger partial charge in [-0.3, -0.25) is 9.78 Å². The van der Waals surface area contributed by atoms with Crippen LogP contribution in [0, 0.1) is 0 Å². The van der Waals surface area contributed by atoms with Gasteiger partial charge in [0.25, 0.3) is 5.91 Å². The zero-order valence-corrected chi connectivity index (χ0v) is 10.8. The lowest BCUT2D eigenvalue weighted by atomic mass is 10.2. The van der Waals surface area contributed by atoms with E-state index in [0.29, 0.717) is 37.6 Å². The number of carbonyl (C=O) groups excluding carboxylic acids is 1. The van der Waals surface area contributed by atoms with Crippen LogP contribution in [0.4, 0.5) is 5.69 Å². The van der Waals surface area contributed by atoms with Crippen molar-refractivity contribution in [2.45, 2.75) is 0 Å². The lowest BCUT2D eigenvalue weighted by Crippen LogP contribution is -2.36. The summed E-state index contributed by atoms with van der Waals surface area (Å²) in [5.74, 6) is -0.135. The number of hydrogen-bond donors (Lipinski definition) is 1. The predicted molar refractivity (Wildman–Crippen MR) is 68.3 cm³/mol. The molecule has 0 unspecified atom stereocenters. The molecule has 1 rings (SSSR count). The molecule has 1 aromatic rings.